The van der Waals surface area contributed by atoms with Crippen LogP contribution in [0.1, 0.15) is 26.7 Å². The predicted octanol–water partition coefficient (Wildman–Crippen LogP) is 12.6. The Hall–Kier alpha value is -4.19. The first-order valence-corrected chi connectivity index (χ1v) is 25.2. The molecule has 0 spiro atoms. The summed E-state index contributed by atoms with van der Waals surface area (Å²) >= 11 is 0.115. The zero-order chi connectivity index (χ0) is 35.3. The van der Waals surface area contributed by atoms with E-state index in [1.54, 1.807) is 0 Å². The van der Waals surface area contributed by atoms with E-state index in [9.17, 15) is 0 Å². The van der Waals surface area contributed by atoms with Crippen molar-refractivity contribution in [2.45, 2.75) is 37.0 Å². The molecule has 0 bridgehead atoms. The Balaban J connectivity index is 0.000000209. The summed E-state index contributed by atoms with van der Waals surface area (Å²) in [5, 5.41) is 9.96. The number of fused-ring (bicyclic) bond motifs is 9. The van der Waals surface area contributed by atoms with Crippen LogP contribution >= 0.6 is 11.3 Å². The van der Waals surface area contributed by atoms with Crippen molar-refractivity contribution < 1.29 is 21.5 Å². The average Bonchev–Trinajstić information content (AvgIpc) is 3.55. The van der Waals surface area contributed by atoms with Crippen LogP contribution in [-0.4, -0.2) is 23.2 Å². The Kier molecular flexibility index (Phi) is 9.61. The zero-order valence-electron chi connectivity index (χ0n) is 30.3. The van der Waals surface area contributed by atoms with Gasteiger partial charge in [-0.1, -0.05) is 103 Å². The second-order valence-electron chi connectivity index (χ2n) is 14.1. The molecule has 0 atom stereocenters. The molecule has 0 saturated carbocycles. The van der Waals surface area contributed by atoms with Crippen LogP contribution in [0.25, 0.3) is 75.0 Å². The topological polar surface area (TPSA) is 25.8 Å². The van der Waals surface area contributed by atoms with Crippen LogP contribution in [0.3, 0.4) is 0 Å². The fourth-order valence-corrected chi connectivity index (χ4v) is 10.2. The fourth-order valence-electron chi connectivity index (χ4n) is 6.70. The van der Waals surface area contributed by atoms with Gasteiger partial charge in [0.25, 0.3) is 0 Å². The molecule has 2 nitrogen and oxygen atoms in total. The summed E-state index contributed by atoms with van der Waals surface area (Å²) in [4.78, 5) is 9.28. The number of rotatable bonds is 4. The Morgan fingerprint density at radius 1 is 0.686 bits per heavy atom. The van der Waals surface area contributed by atoms with E-state index in [2.05, 4.69) is 125 Å². The van der Waals surface area contributed by atoms with Gasteiger partial charge < -0.3 is 0 Å². The molecular formula is C46H38GeIrN2S-2. The smallest absolute Gasteiger partial charge is 0 e. The van der Waals surface area contributed by atoms with Gasteiger partial charge in [0.05, 0.1) is 0 Å². The number of nitrogens with zero attached hydrogens (tertiary/aromatic N) is 2. The summed E-state index contributed by atoms with van der Waals surface area (Å²) in [7, 11) is 0. The largest absolute Gasteiger partial charge is 0 e. The van der Waals surface area contributed by atoms with Crippen LogP contribution in [-0.2, 0) is 20.1 Å². The van der Waals surface area contributed by atoms with Crippen molar-refractivity contribution in [1.82, 2.24) is 9.97 Å². The number of hydrogen-bond donors (Lipinski definition) is 0. The molecule has 9 rings (SSSR count). The molecule has 0 amide bonds. The number of hydrogen-bond acceptors (Lipinski definition) is 3. The van der Waals surface area contributed by atoms with Crippen LogP contribution in [0.4, 0.5) is 0 Å². The van der Waals surface area contributed by atoms with E-state index < -0.39 is 19.2 Å². The van der Waals surface area contributed by atoms with Gasteiger partial charge in [0.2, 0.25) is 0 Å². The first-order chi connectivity index (χ1) is 24.6. The minimum Gasteiger partial charge on any atom is 0 e. The molecule has 9 aromatic rings. The number of benzene rings is 6. The molecule has 5 heteroatoms. The normalized spacial score (nSPS) is 12.1. The molecule has 6 aromatic carbocycles. The van der Waals surface area contributed by atoms with E-state index >= 15 is 0 Å². The Morgan fingerprint density at radius 3 is 2.18 bits per heavy atom. The third-order valence-electron chi connectivity index (χ3n) is 9.47. The van der Waals surface area contributed by atoms with Gasteiger partial charge in [0.1, 0.15) is 0 Å². The van der Waals surface area contributed by atoms with Gasteiger partial charge in [0.15, 0.2) is 0 Å². The van der Waals surface area contributed by atoms with E-state index in [0.29, 0.717) is 0 Å². The summed E-state index contributed by atoms with van der Waals surface area (Å²) in [6.07, 6.45) is 3.86. The van der Waals surface area contributed by atoms with Crippen molar-refractivity contribution in [1.29, 1.82) is 0 Å². The molecule has 3 heterocycles. The van der Waals surface area contributed by atoms with Crippen LogP contribution in [0.15, 0.2) is 134 Å². The molecule has 1 radical (unpaired) electrons. The Labute approximate surface area is 321 Å². The summed E-state index contributed by atoms with van der Waals surface area (Å²) in [5.41, 5.74) is 4.92. The van der Waals surface area contributed by atoms with Gasteiger partial charge in [-0.05, 0) is 49.2 Å². The molecule has 0 aliphatic carbocycles. The number of pyridine rings is 2. The van der Waals surface area contributed by atoms with Gasteiger partial charge >= 0.3 is 99.8 Å². The van der Waals surface area contributed by atoms with Crippen LogP contribution in [0.2, 0.25) is 17.3 Å². The van der Waals surface area contributed by atoms with E-state index in [1.165, 1.54) is 51.5 Å². The van der Waals surface area contributed by atoms with Crippen LogP contribution in [0.5, 0.6) is 0 Å². The zero-order valence-corrected chi connectivity index (χ0v) is 34.6. The molecule has 0 unspecified atom stereocenters. The quantitative estimate of drug-likeness (QED) is 0.0999. The standard InChI is InChI=1S/C32H22NS.C14H16GeN.Ir/c1-19(2)21-15-16-33-29(18-21)28-17-22-8-4-6-10-24(22)30-27-14-13-25-23-9-5-3-7-20(23)11-12-26(25)31(27)34-32(28)30;1-15(2,3)13-9-10-14(16-11-13)12-7-5-4-6-8-12;/h3-16,18-19H,1-2H3;4-7,9-11H,1-3H3;/q2*-1;/i19D;;. The molecule has 0 aliphatic rings. The third kappa shape index (κ3) is 6.79. The van der Waals surface area contributed by atoms with Crippen molar-refractivity contribution in [3.63, 3.8) is 0 Å². The van der Waals surface area contributed by atoms with E-state index in [4.69, 9.17) is 6.35 Å². The first-order valence-electron chi connectivity index (χ1n) is 17.6. The second-order valence-corrected chi connectivity index (χ2v) is 25.7. The van der Waals surface area contributed by atoms with Crippen molar-refractivity contribution in [3.05, 3.63) is 151 Å². The van der Waals surface area contributed by atoms with Crippen molar-refractivity contribution in [2.75, 3.05) is 0 Å². The number of aromatic nitrogens is 2. The molecule has 0 fully saturated rings. The summed E-state index contributed by atoms with van der Waals surface area (Å²) < 4.78 is 12.5. The van der Waals surface area contributed by atoms with Crippen molar-refractivity contribution in [3.8, 4) is 22.5 Å². The molecule has 3 aromatic heterocycles. The summed E-state index contributed by atoms with van der Waals surface area (Å²) in [6, 6.07) is 49.3. The van der Waals surface area contributed by atoms with Gasteiger partial charge in [-0.25, -0.2) is 0 Å². The van der Waals surface area contributed by atoms with E-state index in [-0.39, 0.29) is 20.1 Å². The second kappa shape index (κ2) is 14.4. The average molecular weight is 917 g/mol. The van der Waals surface area contributed by atoms with Crippen molar-refractivity contribution >= 4 is 81.5 Å². The summed E-state index contributed by atoms with van der Waals surface area (Å²) in [5.74, 6) is 6.45. The third-order valence-corrected chi connectivity index (χ3v) is 15.0. The molecule has 0 N–H and O–H groups in total. The van der Waals surface area contributed by atoms with Gasteiger partial charge in [0, 0.05) is 38.1 Å². The van der Waals surface area contributed by atoms with Crippen LogP contribution in [0, 0.1) is 12.1 Å². The fraction of sp³-hybridized carbons (Fsp3) is 0.130. The maximum Gasteiger partial charge on any atom is 0 e. The Morgan fingerprint density at radius 2 is 1.43 bits per heavy atom. The van der Waals surface area contributed by atoms with Crippen LogP contribution < -0.4 is 4.40 Å². The first kappa shape index (κ1) is 33.9. The molecule has 0 aliphatic heterocycles. The monoisotopic (exact) mass is 918 g/mol. The van der Waals surface area contributed by atoms with E-state index in [0.717, 1.165) is 33.5 Å². The maximum absolute atomic E-state index is 8.53. The van der Waals surface area contributed by atoms with Gasteiger partial charge in [-0.2, -0.15) is 11.3 Å². The number of thiophene rings is 1. The van der Waals surface area contributed by atoms with Crippen molar-refractivity contribution in [2.24, 2.45) is 0 Å². The molecule has 253 valence electrons. The van der Waals surface area contributed by atoms with Gasteiger partial charge in [-0.15, -0.1) is 17.5 Å². The predicted molar refractivity (Wildman–Crippen MR) is 219 cm³/mol. The van der Waals surface area contributed by atoms with E-state index in [1.807, 2.05) is 67.9 Å². The minimum atomic E-state index is -1.72. The maximum atomic E-state index is 8.53. The van der Waals surface area contributed by atoms with Gasteiger partial charge in [-0.3, -0.25) is 4.98 Å². The SMILES string of the molecule is [2H]C(C)(C)c1ccnc(-c2[c-]c3ccccc3c3c2sc2c4ccc5ccccc5c4ccc23)c1.[CH3][Ge]([CH3])([CH3])[c]1ccc(-c2[c-]cccc2)nc1.[Ir]. The minimum absolute atomic E-state index is 0. The Bertz CT molecular complexity index is 2710. The summed E-state index contributed by atoms with van der Waals surface area (Å²) in [6.45, 7) is 3.84. The molecule has 0 saturated heterocycles. The molecule has 51 heavy (non-hydrogen) atoms. The molecular weight excluding hydrogens is 877 g/mol.